The molecule has 1 fully saturated rings. The zero-order valence-corrected chi connectivity index (χ0v) is 10.4. The number of methoxy groups -OCH3 is 1. The standard InChI is InChI=1S/C11H12BrNO3/c1-15-9-4-2-8(3-5-9)6-13-11(14)10(12)7-16-13/h2-5,10H,6-7H2,1H3. The van der Waals surface area contributed by atoms with E-state index in [4.69, 9.17) is 9.57 Å². The maximum absolute atomic E-state index is 11.6. The van der Waals surface area contributed by atoms with Gasteiger partial charge in [-0.25, -0.2) is 5.06 Å². The molecule has 1 aromatic carbocycles. The second-order valence-electron chi connectivity index (χ2n) is 3.49. The smallest absolute Gasteiger partial charge is 0.262 e. The Labute approximate surface area is 102 Å². The number of carbonyl (C=O) groups excluding carboxylic acids is 1. The molecule has 0 N–H and O–H groups in total. The van der Waals surface area contributed by atoms with Crippen LogP contribution in [0.3, 0.4) is 0 Å². The molecule has 4 nitrogen and oxygen atoms in total. The molecule has 1 heterocycles. The number of nitrogens with zero attached hydrogens (tertiary/aromatic N) is 1. The van der Waals surface area contributed by atoms with Gasteiger partial charge in [0.1, 0.15) is 10.6 Å². The van der Waals surface area contributed by atoms with Crippen molar-refractivity contribution in [2.45, 2.75) is 11.4 Å². The number of rotatable bonds is 3. The Morgan fingerprint density at radius 1 is 1.50 bits per heavy atom. The summed E-state index contributed by atoms with van der Waals surface area (Å²) < 4.78 is 5.06. The SMILES string of the molecule is COc1ccc(CN2OCC(Br)C2=O)cc1. The van der Waals surface area contributed by atoms with Gasteiger partial charge in [-0.15, -0.1) is 0 Å². The number of benzene rings is 1. The van der Waals surface area contributed by atoms with Gasteiger partial charge in [0.25, 0.3) is 5.91 Å². The van der Waals surface area contributed by atoms with E-state index in [2.05, 4.69) is 15.9 Å². The molecular weight excluding hydrogens is 274 g/mol. The third kappa shape index (κ3) is 2.36. The zero-order valence-electron chi connectivity index (χ0n) is 8.85. The van der Waals surface area contributed by atoms with Crippen molar-refractivity contribution in [2.24, 2.45) is 0 Å². The fourth-order valence-electron chi connectivity index (χ4n) is 1.47. The van der Waals surface area contributed by atoms with Crippen LogP contribution in [0.15, 0.2) is 24.3 Å². The van der Waals surface area contributed by atoms with E-state index >= 15 is 0 Å². The van der Waals surface area contributed by atoms with Crippen LogP contribution in [-0.2, 0) is 16.2 Å². The Kier molecular flexibility index (Phi) is 3.46. The van der Waals surface area contributed by atoms with Crippen LogP contribution in [0, 0.1) is 0 Å². The topological polar surface area (TPSA) is 38.8 Å². The molecule has 0 bridgehead atoms. The van der Waals surface area contributed by atoms with Crippen LogP contribution in [-0.4, -0.2) is 29.5 Å². The minimum atomic E-state index is -0.217. The monoisotopic (exact) mass is 285 g/mol. The van der Waals surface area contributed by atoms with E-state index in [0.29, 0.717) is 13.2 Å². The van der Waals surface area contributed by atoms with Crippen molar-refractivity contribution in [3.63, 3.8) is 0 Å². The maximum Gasteiger partial charge on any atom is 0.262 e. The van der Waals surface area contributed by atoms with Gasteiger partial charge in [0.05, 0.1) is 20.3 Å². The minimum Gasteiger partial charge on any atom is -0.497 e. The van der Waals surface area contributed by atoms with Crippen molar-refractivity contribution in [1.29, 1.82) is 0 Å². The summed E-state index contributed by atoms with van der Waals surface area (Å²) in [5.74, 6) is 0.770. The lowest BCUT2D eigenvalue weighted by Gasteiger charge is -2.14. The molecule has 0 aromatic heterocycles. The van der Waals surface area contributed by atoms with Crippen LogP contribution < -0.4 is 4.74 Å². The van der Waals surface area contributed by atoms with Crippen LogP contribution in [0.5, 0.6) is 5.75 Å². The maximum atomic E-state index is 11.6. The van der Waals surface area contributed by atoms with Crippen LogP contribution in [0.25, 0.3) is 0 Å². The summed E-state index contributed by atoms with van der Waals surface area (Å²) in [6.07, 6.45) is 0. The Hall–Kier alpha value is -1.07. The van der Waals surface area contributed by atoms with E-state index < -0.39 is 0 Å². The average molecular weight is 286 g/mol. The number of hydrogen-bond donors (Lipinski definition) is 0. The van der Waals surface area contributed by atoms with Gasteiger partial charge in [-0.1, -0.05) is 28.1 Å². The lowest BCUT2D eigenvalue weighted by atomic mass is 10.2. The van der Waals surface area contributed by atoms with E-state index in [0.717, 1.165) is 11.3 Å². The molecule has 0 radical (unpaired) electrons. The molecule has 86 valence electrons. The highest BCUT2D eigenvalue weighted by Crippen LogP contribution is 2.19. The Balaban J connectivity index is 2.01. The van der Waals surface area contributed by atoms with Gasteiger partial charge in [0.2, 0.25) is 0 Å². The van der Waals surface area contributed by atoms with Gasteiger partial charge in [-0.05, 0) is 17.7 Å². The summed E-state index contributed by atoms with van der Waals surface area (Å²) in [5.41, 5.74) is 1.01. The van der Waals surface area contributed by atoms with Crippen LogP contribution in [0.2, 0.25) is 0 Å². The third-order valence-corrected chi connectivity index (χ3v) is 3.03. The first-order chi connectivity index (χ1) is 7.70. The number of halogens is 1. The quantitative estimate of drug-likeness (QED) is 0.794. The second-order valence-corrected chi connectivity index (χ2v) is 4.59. The van der Waals surface area contributed by atoms with Crippen LogP contribution >= 0.6 is 15.9 Å². The van der Waals surface area contributed by atoms with Crippen molar-refractivity contribution in [2.75, 3.05) is 13.7 Å². The highest BCUT2D eigenvalue weighted by Gasteiger charge is 2.30. The van der Waals surface area contributed by atoms with Crippen molar-refractivity contribution in [1.82, 2.24) is 5.06 Å². The molecule has 2 rings (SSSR count). The van der Waals surface area contributed by atoms with Crippen LogP contribution in [0.1, 0.15) is 5.56 Å². The number of carbonyl (C=O) groups is 1. The summed E-state index contributed by atoms with van der Waals surface area (Å²) in [6.45, 7) is 0.861. The van der Waals surface area contributed by atoms with Gasteiger partial charge >= 0.3 is 0 Å². The minimum absolute atomic E-state index is 0.0316. The number of ether oxygens (including phenoxy) is 1. The fraction of sp³-hybridized carbons (Fsp3) is 0.364. The average Bonchev–Trinajstić information content (AvgIpc) is 2.62. The van der Waals surface area contributed by atoms with E-state index in [1.165, 1.54) is 5.06 Å². The number of hydroxylamine groups is 2. The lowest BCUT2D eigenvalue weighted by molar-refractivity contribution is -0.164. The van der Waals surface area contributed by atoms with Gasteiger partial charge in [-0.3, -0.25) is 9.63 Å². The third-order valence-electron chi connectivity index (χ3n) is 2.38. The second kappa shape index (κ2) is 4.84. The predicted octanol–water partition coefficient (Wildman–Crippen LogP) is 1.73. The molecule has 1 atom stereocenters. The molecule has 1 unspecified atom stereocenters. The Morgan fingerprint density at radius 3 is 2.69 bits per heavy atom. The first-order valence-corrected chi connectivity index (χ1v) is 5.83. The zero-order chi connectivity index (χ0) is 11.5. The first-order valence-electron chi connectivity index (χ1n) is 4.92. The van der Waals surface area contributed by atoms with E-state index in [1.807, 2.05) is 24.3 Å². The van der Waals surface area contributed by atoms with E-state index in [9.17, 15) is 4.79 Å². The lowest BCUT2D eigenvalue weighted by Crippen LogP contribution is -2.25. The molecule has 1 aliphatic heterocycles. The largest absolute Gasteiger partial charge is 0.497 e. The highest BCUT2D eigenvalue weighted by molar-refractivity contribution is 9.10. The first kappa shape index (κ1) is 11.4. The molecule has 16 heavy (non-hydrogen) atoms. The molecule has 0 spiro atoms. The molecule has 1 aliphatic rings. The number of amides is 1. The predicted molar refractivity (Wildman–Crippen MR) is 62.2 cm³/mol. The van der Waals surface area contributed by atoms with Crippen molar-refractivity contribution >= 4 is 21.8 Å². The van der Waals surface area contributed by atoms with Gasteiger partial charge in [-0.2, -0.15) is 0 Å². The van der Waals surface area contributed by atoms with Gasteiger partial charge < -0.3 is 4.74 Å². The van der Waals surface area contributed by atoms with Crippen molar-refractivity contribution < 1.29 is 14.4 Å². The van der Waals surface area contributed by atoms with Gasteiger partial charge in [0.15, 0.2) is 0 Å². The molecule has 1 aromatic rings. The molecular formula is C11H12BrNO3. The van der Waals surface area contributed by atoms with E-state index in [-0.39, 0.29) is 10.7 Å². The van der Waals surface area contributed by atoms with E-state index in [1.54, 1.807) is 7.11 Å². The summed E-state index contributed by atoms with van der Waals surface area (Å²) in [4.78, 5) is 16.6. The summed E-state index contributed by atoms with van der Waals surface area (Å²) in [7, 11) is 1.62. The molecule has 0 aliphatic carbocycles. The molecule has 1 amide bonds. The fourth-order valence-corrected chi connectivity index (χ4v) is 1.81. The van der Waals surface area contributed by atoms with Crippen molar-refractivity contribution in [3.8, 4) is 5.75 Å². The summed E-state index contributed by atoms with van der Waals surface area (Å²) >= 11 is 3.24. The van der Waals surface area contributed by atoms with Crippen molar-refractivity contribution in [3.05, 3.63) is 29.8 Å². The number of hydrogen-bond acceptors (Lipinski definition) is 3. The molecule has 5 heteroatoms. The molecule has 0 saturated carbocycles. The Morgan fingerprint density at radius 2 is 2.19 bits per heavy atom. The highest BCUT2D eigenvalue weighted by atomic mass is 79.9. The number of alkyl halides is 1. The summed E-state index contributed by atoms with van der Waals surface area (Å²) in [6, 6.07) is 7.55. The van der Waals surface area contributed by atoms with Crippen LogP contribution in [0.4, 0.5) is 0 Å². The van der Waals surface area contributed by atoms with Gasteiger partial charge in [0, 0.05) is 0 Å². The summed E-state index contributed by atoms with van der Waals surface area (Å²) in [5, 5.41) is 1.38. The normalized spacial score (nSPS) is 20.2. The Bertz CT molecular complexity index is 379. The molecule has 1 saturated heterocycles.